The minimum atomic E-state index is -0.637. The minimum absolute atomic E-state index is 0.0261. The van der Waals surface area contributed by atoms with Crippen LogP contribution in [0.4, 0.5) is 4.39 Å². The molecule has 31 heavy (non-hydrogen) atoms. The smallest absolute Gasteiger partial charge is 0.261 e. The first-order valence-electron chi connectivity index (χ1n) is 11.1. The van der Waals surface area contributed by atoms with Crippen molar-refractivity contribution in [3.63, 3.8) is 0 Å². The van der Waals surface area contributed by atoms with E-state index in [-0.39, 0.29) is 30.2 Å². The summed E-state index contributed by atoms with van der Waals surface area (Å²) in [6.45, 7) is 1.80. The maximum Gasteiger partial charge on any atom is 0.261 e. The van der Waals surface area contributed by atoms with Gasteiger partial charge in [0.15, 0.2) is 18.2 Å². The van der Waals surface area contributed by atoms with Gasteiger partial charge in [-0.3, -0.25) is 9.59 Å². The fraction of sp³-hybridized carbons (Fsp3) is 0.440. The third kappa shape index (κ3) is 6.81. The van der Waals surface area contributed by atoms with E-state index in [9.17, 15) is 14.0 Å². The molecule has 1 aliphatic rings. The highest BCUT2D eigenvalue weighted by atomic mass is 19.1. The van der Waals surface area contributed by atoms with Crippen LogP contribution in [-0.2, 0) is 16.0 Å². The fourth-order valence-electron chi connectivity index (χ4n) is 3.92. The van der Waals surface area contributed by atoms with E-state index in [2.05, 4.69) is 5.32 Å². The first-order valence-corrected chi connectivity index (χ1v) is 11.1. The van der Waals surface area contributed by atoms with Crippen molar-refractivity contribution in [1.29, 1.82) is 0 Å². The molecule has 2 amide bonds. The maximum atomic E-state index is 13.8. The highest BCUT2D eigenvalue weighted by Crippen LogP contribution is 2.18. The second-order valence-electron chi connectivity index (χ2n) is 8.06. The number of nitrogens with zero attached hydrogens (tertiary/aromatic N) is 1. The third-order valence-corrected chi connectivity index (χ3v) is 5.79. The van der Waals surface area contributed by atoms with Crippen LogP contribution in [0.1, 0.15) is 44.6 Å². The zero-order chi connectivity index (χ0) is 22.1. The monoisotopic (exact) mass is 426 g/mol. The summed E-state index contributed by atoms with van der Waals surface area (Å²) >= 11 is 0. The lowest BCUT2D eigenvalue weighted by Crippen LogP contribution is -2.52. The summed E-state index contributed by atoms with van der Waals surface area (Å²) in [5, 5.41) is 3.10. The van der Waals surface area contributed by atoms with Crippen LogP contribution < -0.4 is 10.1 Å². The number of benzene rings is 2. The second kappa shape index (κ2) is 11.5. The fourth-order valence-corrected chi connectivity index (χ4v) is 3.92. The van der Waals surface area contributed by atoms with E-state index in [0.29, 0.717) is 13.0 Å². The molecule has 2 aromatic carbocycles. The summed E-state index contributed by atoms with van der Waals surface area (Å²) in [4.78, 5) is 27.4. The average molecular weight is 427 g/mol. The molecule has 3 rings (SSSR count). The Kier molecular flexibility index (Phi) is 8.44. The van der Waals surface area contributed by atoms with Crippen LogP contribution in [0.25, 0.3) is 0 Å². The molecule has 166 valence electrons. The molecule has 0 spiro atoms. The van der Waals surface area contributed by atoms with Gasteiger partial charge in [-0.25, -0.2) is 4.39 Å². The molecule has 0 heterocycles. The SMILES string of the molecule is C[C@@H](C(=O)NC1CCCCC1)N(CCc1ccccc1)C(=O)COc1ccccc1F. The average Bonchev–Trinajstić information content (AvgIpc) is 2.80. The number of para-hydroxylation sites is 1. The highest BCUT2D eigenvalue weighted by molar-refractivity contribution is 5.88. The van der Waals surface area contributed by atoms with Crippen LogP contribution >= 0.6 is 0 Å². The van der Waals surface area contributed by atoms with Gasteiger partial charge in [-0.05, 0) is 43.9 Å². The molecule has 5 nitrogen and oxygen atoms in total. The summed E-state index contributed by atoms with van der Waals surface area (Å²) in [7, 11) is 0. The largest absolute Gasteiger partial charge is 0.481 e. The van der Waals surface area contributed by atoms with Crippen molar-refractivity contribution in [2.45, 2.75) is 57.5 Å². The van der Waals surface area contributed by atoms with Crippen LogP contribution in [0, 0.1) is 5.82 Å². The number of carbonyl (C=O) groups excluding carboxylic acids is 2. The zero-order valence-corrected chi connectivity index (χ0v) is 18.1. The Bertz CT molecular complexity index is 853. The van der Waals surface area contributed by atoms with Gasteiger partial charge in [-0.2, -0.15) is 0 Å². The number of hydrogen-bond donors (Lipinski definition) is 1. The number of nitrogens with one attached hydrogen (secondary N) is 1. The molecule has 0 bridgehead atoms. The summed E-state index contributed by atoms with van der Waals surface area (Å²) in [5.74, 6) is -0.989. The van der Waals surface area contributed by atoms with Crippen molar-refractivity contribution in [1.82, 2.24) is 10.2 Å². The number of ether oxygens (including phenoxy) is 1. The molecular weight excluding hydrogens is 395 g/mol. The molecule has 2 aromatic rings. The van der Waals surface area contributed by atoms with Gasteiger partial charge < -0.3 is 15.0 Å². The highest BCUT2D eigenvalue weighted by Gasteiger charge is 2.28. The van der Waals surface area contributed by atoms with Gasteiger partial charge in [0, 0.05) is 12.6 Å². The Morgan fingerprint density at radius 1 is 1.06 bits per heavy atom. The minimum Gasteiger partial charge on any atom is -0.481 e. The van der Waals surface area contributed by atoms with E-state index < -0.39 is 11.9 Å². The Hall–Kier alpha value is -2.89. The number of carbonyl (C=O) groups is 2. The lowest BCUT2D eigenvalue weighted by atomic mass is 9.95. The van der Waals surface area contributed by atoms with Crippen molar-refractivity contribution in [2.75, 3.05) is 13.2 Å². The van der Waals surface area contributed by atoms with Crippen LogP contribution in [-0.4, -0.2) is 41.9 Å². The number of halogens is 1. The van der Waals surface area contributed by atoms with Crippen molar-refractivity contribution >= 4 is 11.8 Å². The molecular formula is C25H31FN2O3. The van der Waals surface area contributed by atoms with Crippen molar-refractivity contribution < 1.29 is 18.7 Å². The lowest BCUT2D eigenvalue weighted by Gasteiger charge is -2.31. The maximum absolute atomic E-state index is 13.8. The van der Waals surface area contributed by atoms with Crippen LogP contribution in [0.15, 0.2) is 54.6 Å². The van der Waals surface area contributed by atoms with E-state index in [1.807, 2.05) is 30.3 Å². The lowest BCUT2D eigenvalue weighted by molar-refractivity contribution is -0.141. The van der Waals surface area contributed by atoms with Gasteiger partial charge in [0.1, 0.15) is 6.04 Å². The summed E-state index contributed by atoms with van der Waals surface area (Å²) in [5.41, 5.74) is 1.08. The van der Waals surface area contributed by atoms with E-state index in [1.165, 1.54) is 23.5 Å². The standard InChI is InChI=1S/C25H31FN2O3/c1-19(25(30)27-21-12-6-3-7-13-21)28(17-16-20-10-4-2-5-11-20)24(29)18-31-23-15-9-8-14-22(23)26/h2,4-5,8-11,14-15,19,21H,3,6-7,12-13,16-18H2,1H3,(H,27,30)/t19-/m0/s1. The molecule has 0 aliphatic heterocycles. The first-order chi connectivity index (χ1) is 15.0. The molecule has 1 fully saturated rings. The first kappa shape index (κ1) is 22.8. The molecule has 1 atom stereocenters. The predicted molar refractivity (Wildman–Crippen MR) is 118 cm³/mol. The van der Waals surface area contributed by atoms with Crippen LogP contribution in [0.3, 0.4) is 0 Å². The van der Waals surface area contributed by atoms with Gasteiger partial charge in [-0.1, -0.05) is 61.7 Å². The third-order valence-electron chi connectivity index (χ3n) is 5.79. The molecule has 0 aromatic heterocycles. The Morgan fingerprint density at radius 3 is 2.45 bits per heavy atom. The summed E-state index contributed by atoms with van der Waals surface area (Å²) in [6, 6.07) is 15.3. The van der Waals surface area contributed by atoms with Gasteiger partial charge in [0.05, 0.1) is 0 Å². The Labute approximate surface area is 183 Å². The van der Waals surface area contributed by atoms with Gasteiger partial charge in [0.25, 0.3) is 5.91 Å². The molecule has 1 aliphatic carbocycles. The molecule has 1 N–H and O–H groups in total. The van der Waals surface area contributed by atoms with E-state index >= 15 is 0 Å². The van der Waals surface area contributed by atoms with Crippen molar-refractivity contribution in [2.24, 2.45) is 0 Å². The topological polar surface area (TPSA) is 58.6 Å². The molecule has 0 radical (unpaired) electrons. The molecule has 1 saturated carbocycles. The van der Waals surface area contributed by atoms with E-state index in [4.69, 9.17) is 4.74 Å². The molecule has 6 heteroatoms. The van der Waals surface area contributed by atoms with Crippen molar-refractivity contribution in [3.05, 3.63) is 66.0 Å². The molecule has 0 saturated heterocycles. The Balaban J connectivity index is 1.65. The van der Waals surface area contributed by atoms with Gasteiger partial charge >= 0.3 is 0 Å². The number of amides is 2. The Morgan fingerprint density at radius 2 is 1.74 bits per heavy atom. The second-order valence-corrected chi connectivity index (χ2v) is 8.06. The predicted octanol–water partition coefficient (Wildman–Crippen LogP) is 4.11. The summed E-state index contributed by atoms with van der Waals surface area (Å²) in [6.07, 6.45) is 6.02. The number of hydrogen-bond acceptors (Lipinski definition) is 3. The van der Waals surface area contributed by atoms with Gasteiger partial charge in [0.2, 0.25) is 5.91 Å². The molecule has 0 unspecified atom stereocenters. The van der Waals surface area contributed by atoms with Crippen molar-refractivity contribution in [3.8, 4) is 5.75 Å². The van der Waals surface area contributed by atoms with E-state index in [0.717, 1.165) is 31.2 Å². The summed E-state index contributed by atoms with van der Waals surface area (Å²) < 4.78 is 19.3. The normalized spacial score (nSPS) is 15.2. The van der Waals surface area contributed by atoms with Crippen LogP contribution in [0.5, 0.6) is 5.75 Å². The number of rotatable bonds is 9. The zero-order valence-electron chi connectivity index (χ0n) is 18.1. The quantitative estimate of drug-likeness (QED) is 0.656. The van der Waals surface area contributed by atoms with Crippen LogP contribution in [0.2, 0.25) is 0 Å². The van der Waals surface area contributed by atoms with Gasteiger partial charge in [-0.15, -0.1) is 0 Å². The van der Waals surface area contributed by atoms with E-state index in [1.54, 1.807) is 19.1 Å².